The number of phenolic OH excluding ortho intramolecular Hbond substituents is 1. The molecular weight excluding hydrogens is 358 g/mol. The van der Waals surface area contributed by atoms with Gasteiger partial charge >= 0.3 is 0 Å². The third kappa shape index (κ3) is 3.96. The average molecular weight is 377 g/mol. The number of rotatable bonds is 7. The first-order valence-electron chi connectivity index (χ1n) is 8.70. The highest BCUT2D eigenvalue weighted by Gasteiger charge is 2.10. The van der Waals surface area contributed by atoms with E-state index in [1.54, 1.807) is 44.0 Å². The van der Waals surface area contributed by atoms with Gasteiger partial charge in [0, 0.05) is 41.8 Å². The predicted octanol–water partition coefficient (Wildman–Crippen LogP) is 3.36. The lowest BCUT2D eigenvalue weighted by Gasteiger charge is -2.12. The SMILES string of the molecule is COc1cc2cnc(Nc3cccc(O)c3)nc2cc1OCCn1ccnc1. The minimum Gasteiger partial charge on any atom is -0.508 e. The van der Waals surface area contributed by atoms with Crippen LogP contribution in [0.3, 0.4) is 0 Å². The third-order valence-corrected chi connectivity index (χ3v) is 4.13. The molecule has 0 radical (unpaired) electrons. The molecule has 0 saturated carbocycles. The number of aromatic hydroxyl groups is 1. The number of nitrogens with one attached hydrogen (secondary N) is 1. The summed E-state index contributed by atoms with van der Waals surface area (Å²) in [7, 11) is 1.60. The molecule has 2 N–H and O–H groups in total. The zero-order valence-electron chi connectivity index (χ0n) is 15.2. The molecule has 4 aromatic rings. The molecule has 0 atom stereocenters. The van der Waals surface area contributed by atoms with Crippen LogP contribution in [0.1, 0.15) is 0 Å². The quantitative estimate of drug-likeness (QED) is 0.510. The van der Waals surface area contributed by atoms with Gasteiger partial charge in [0.25, 0.3) is 0 Å². The van der Waals surface area contributed by atoms with Crippen LogP contribution in [0.25, 0.3) is 10.9 Å². The van der Waals surface area contributed by atoms with E-state index >= 15 is 0 Å². The van der Waals surface area contributed by atoms with Crippen molar-refractivity contribution in [3.05, 3.63) is 61.3 Å². The summed E-state index contributed by atoms with van der Waals surface area (Å²) >= 11 is 0. The molecule has 0 aliphatic rings. The topological polar surface area (TPSA) is 94.3 Å². The van der Waals surface area contributed by atoms with E-state index in [-0.39, 0.29) is 5.75 Å². The van der Waals surface area contributed by atoms with Gasteiger partial charge in [-0.2, -0.15) is 0 Å². The zero-order chi connectivity index (χ0) is 19.3. The summed E-state index contributed by atoms with van der Waals surface area (Å²) in [6.07, 6.45) is 7.07. The van der Waals surface area contributed by atoms with Crippen LogP contribution < -0.4 is 14.8 Å². The standard InChI is InChI=1S/C20H19N5O3/c1-27-18-9-14-12-22-20(23-15-3-2-4-16(26)10-15)24-17(14)11-19(18)28-8-7-25-6-5-21-13-25/h2-6,9-13,26H,7-8H2,1H3,(H,22,23,24). The molecule has 0 fully saturated rings. The number of imidazole rings is 1. The zero-order valence-corrected chi connectivity index (χ0v) is 15.2. The number of hydrogen-bond acceptors (Lipinski definition) is 7. The highest BCUT2D eigenvalue weighted by molar-refractivity contribution is 5.83. The number of fused-ring (bicyclic) bond motifs is 1. The second-order valence-electron chi connectivity index (χ2n) is 6.08. The fraction of sp³-hybridized carbons (Fsp3) is 0.150. The van der Waals surface area contributed by atoms with Crippen molar-refractivity contribution in [2.75, 3.05) is 19.0 Å². The number of nitrogens with zero attached hydrogens (tertiary/aromatic N) is 4. The number of hydrogen-bond donors (Lipinski definition) is 2. The third-order valence-electron chi connectivity index (χ3n) is 4.13. The second-order valence-corrected chi connectivity index (χ2v) is 6.08. The Hall–Kier alpha value is -3.81. The lowest BCUT2D eigenvalue weighted by Crippen LogP contribution is -2.07. The molecule has 2 heterocycles. The number of anilines is 2. The largest absolute Gasteiger partial charge is 0.508 e. The van der Waals surface area contributed by atoms with E-state index in [0.29, 0.717) is 36.3 Å². The van der Waals surface area contributed by atoms with Crippen molar-refractivity contribution in [2.24, 2.45) is 0 Å². The van der Waals surface area contributed by atoms with E-state index in [4.69, 9.17) is 9.47 Å². The van der Waals surface area contributed by atoms with Gasteiger partial charge in [-0.15, -0.1) is 0 Å². The monoisotopic (exact) mass is 377 g/mol. The lowest BCUT2D eigenvalue weighted by atomic mass is 10.2. The van der Waals surface area contributed by atoms with Crippen molar-refractivity contribution in [1.82, 2.24) is 19.5 Å². The molecule has 8 nitrogen and oxygen atoms in total. The summed E-state index contributed by atoms with van der Waals surface area (Å²) in [4.78, 5) is 12.9. The molecule has 0 saturated heterocycles. The fourth-order valence-electron chi connectivity index (χ4n) is 2.76. The van der Waals surface area contributed by atoms with Crippen LogP contribution in [-0.2, 0) is 6.54 Å². The van der Waals surface area contributed by atoms with Gasteiger partial charge in [0.15, 0.2) is 11.5 Å². The van der Waals surface area contributed by atoms with Crippen LogP contribution >= 0.6 is 0 Å². The first-order chi connectivity index (χ1) is 13.7. The second kappa shape index (κ2) is 7.83. The number of aromatic nitrogens is 4. The van der Waals surface area contributed by atoms with Crippen LogP contribution in [0, 0.1) is 0 Å². The van der Waals surface area contributed by atoms with Gasteiger partial charge in [-0.3, -0.25) is 0 Å². The first kappa shape index (κ1) is 17.6. The lowest BCUT2D eigenvalue weighted by molar-refractivity contribution is 0.280. The highest BCUT2D eigenvalue weighted by atomic mass is 16.5. The van der Waals surface area contributed by atoms with Gasteiger partial charge in [0.05, 0.1) is 25.5 Å². The van der Waals surface area contributed by atoms with Crippen molar-refractivity contribution in [3.8, 4) is 17.2 Å². The van der Waals surface area contributed by atoms with E-state index in [1.165, 1.54) is 0 Å². The van der Waals surface area contributed by atoms with Gasteiger partial charge in [0.1, 0.15) is 12.4 Å². The molecule has 0 unspecified atom stereocenters. The molecule has 0 spiro atoms. The van der Waals surface area contributed by atoms with Crippen LogP contribution in [0.15, 0.2) is 61.3 Å². The van der Waals surface area contributed by atoms with Crippen molar-refractivity contribution < 1.29 is 14.6 Å². The molecule has 0 aliphatic heterocycles. The van der Waals surface area contributed by atoms with Crippen molar-refractivity contribution in [3.63, 3.8) is 0 Å². The summed E-state index contributed by atoms with van der Waals surface area (Å²) < 4.78 is 13.3. The predicted molar refractivity (Wildman–Crippen MR) is 105 cm³/mol. The van der Waals surface area contributed by atoms with Gasteiger partial charge in [-0.25, -0.2) is 15.0 Å². The van der Waals surface area contributed by atoms with Crippen LogP contribution in [0.4, 0.5) is 11.6 Å². The Kier molecular flexibility index (Phi) is 4.92. The summed E-state index contributed by atoms with van der Waals surface area (Å²) in [5.74, 6) is 1.82. The summed E-state index contributed by atoms with van der Waals surface area (Å²) in [5.41, 5.74) is 1.42. The maximum absolute atomic E-state index is 9.59. The Morgan fingerprint density at radius 1 is 1.18 bits per heavy atom. The number of methoxy groups -OCH3 is 1. The number of phenols is 1. The minimum absolute atomic E-state index is 0.170. The van der Waals surface area contributed by atoms with Crippen LogP contribution in [-0.4, -0.2) is 38.3 Å². The maximum atomic E-state index is 9.59. The van der Waals surface area contributed by atoms with Crippen LogP contribution in [0.2, 0.25) is 0 Å². The molecule has 28 heavy (non-hydrogen) atoms. The van der Waals surface area contributed by atoms with E-state index < -0.39 is 0 Å². The van der Waals surface area contributed by atoms with Crippen molar-refractivity contribution >= 4 is 22.5 Å². The summed E-state index contributed by atoms with van der Waals surface area (Å²) in [5, 5.41) is 13.5. The number of ether oxygens (including phenoxy) is 2. The molecule has 4 rings (SSSR count). The van der Waals surface area contributed by atoms with E-state index in [2.05, 4.69) is 20.3 Å². The van der Waals surface area contributed by atoms with Crippen molar-refractivity contribution in [2.45, 2.75) is 6.54 Å². The molecule has 2 aromatic carbocycles. The highest BCUT2D eigenvalue weighted by Crippen LogP contribution is 2.32. The Morgan fingerprint density at radius 3 is 2.89 bits per heavy atom. The first-order valence-corrected chi connectivity index (χ1v) is 8.70. The molecule has 0 aliphatic carbocycles. The van der Waals surface area contributed by atoms with Crippen LogP contribution in [0.5, 0.6) is 17.2 Å². The van der Waals surface area contributed by atoms with Gasteiger partial charge < -0.3 is 24.5 Å². The molecular formula is C20H19N5O3. The normalized spacial score (nSPS) is 10.8. The molecule has 142 valence electrons. The Labute approximate surface area is 161 Å². The Bertz CT molecular complexity index is 1080. The minimum atomic E-state index is 0.170. The Morgan fingerprint density at radius 2 is 2.11 bits per heavy atom. The van der Waals surface area contributed by atoms with Gasteiger partial charge in [-0.1, -0.05) is 6.07 Å². The fourth-order valence-corrected chi connectivity index (χ4v) is 2.76. The maximum Gasteiger partial charge on any atom is 0.227 e. The van der Waals surface area contributed by atoms with E-state index in [0.717, 1.165) is 10.9 Å². The van der Waals surface area contributed by atoms with E-state index in [1.807, 2.05) is 29.0 Å². The van der Waals surface area contributed by atoms with Gasteiger partial charge in [0.2, 0.25) is 5.95 Å². The molecule has 2 aromatic heterocycles. The summed E-state index contributed by atoms with van der Waals surface area (Å²) in [6.45, 7) is 1.15. The van der Waals surface area contributed by atoms with Gasteiger partial charge in [-0.05, 0) is 18.2 Å². The molecule has 8 heteroatoms. The average Bonchev–Trinajstić information content (AvgIpc) is 3.21. The van der Waals surface area contributed by atoms with Crippen molar-refractivity contribution in [1.29, 1.82) is 0 Å². The molecule has 0 amide bonds. The molecule has 0 bridgehead atoms. The summed E-state index contributed by atoms with van der Waals surface area (Å²) in [6, 6.07) is 10.5. The van der Waals surface area contributed by atoms with E-state index in [9.17, 15) is 5.11 Å². The Balaban J connectivity index is 1.56. The smallest absolute Gasteiger partial charge is 0.227 e. The number of benzene rings is 2.